The molecule has 5 aromatic rings. The Labute approximate surface area is 195 Å². The van der Waals surface area contributed by atoms with Crippen LogP contribution in [0.5, 0.6) is 11.5 Å². The van der Waals surface area contributed by atoms with Gasteiger partial charge in [0.1, 0.15) is 29.7 Å². The molecule has 0 atom stereocenters. The average Bonchev–Trinajstić information content (AvgIpc) is 3.17. The number of hydrogen-bond donors (Lipinski definition) is 1. The molecule has 0 bridgehead atoms. The first-order valence-corrected chi connectivity index (χ1v) is 10.8. The van der Waals surface area contributed by atoms with E-state index in [1.807, 2.05) is 53.1 Å². The summed E-state index contributed by atoms with van der Waals surface area (Å²) in [6, 6.07) is 27.0. The summed E-state index contributed by atoms with van der Waals surface area (Å²) >= 11 is 6.03. The van der Waals surface area contributed by atoms with Crippen molar-refractivity contribution in [2.75, 3.05) is 0 Å². The van der Waals surface area contributed by atoms with Crippen LogP contribution in [0.1, 0.15) is 11.1 Å². The van der Waals surface area contributed by atoms with E-state index in [2.05, 4.69) is 0 Å². The molecule has 0 spiro atoms. The Kier molecular flexibility index (Phi) is 5.71. The number of aromatic nitrogens is 2. The third kappa shape index (κ3) is 4.54. The summed E-state index contributed by atoms with van der Waals surface area (Å²) in [5, 5.41) is 11.0. The summed E-state index contributed by atoms with van der Waals surface area (Å²) in [4.78, 5) is 4.81. The van der Waals surface area contributed by atoms with Gasteiger partial charge in [-0.3, -0.25) is 0 Å². The van der Waals surface area contributed by atoms with E-state index in [0.717, 1.165) is 22.2 Å². The normalized spacial score (nSPS) is 11.1. The molecule has 0 amide bonds. The number of fused-ring (bicyclic) bond motifs is 1. The minimum Gasteiger partial charge on any atom is -0.507 e. The van der Waals surface area contributed by atoms with Gasteiger partial charge in [0.15, 0.2) is 0 Å². The number of phenols is 1. The van der Waals surface area contributed by atoms with Crippen LogP contribution in [-0.2, 0) is 13.2 Å². The molecule has 0 fully saturated rings. The molecular weight excluding hydrogens is 439 g/mol. The van der Waals surface area contributed by atoms with Gasteiger partial charge < -0.3 is 14.4 Å². The molecule has 0 saturated heterocycles. The van der Waals surface area contributed by atoms with Crippen molar-refractivity contribution in [2.45, 2.75) is 13.2 Å². The summed E-state index contributed by atoms with van der Waals surface area (Å²) in [5.74, 6) is 1.04. The lowest BCUT2D eigenvalue weighted by molar-refractivity contribution is 0.306. The number of halogens is 2. The molecule has 0 aliphatic rings. The smallest absolute Gasteiger partial charge is 0.145 e. The van der Waals surface area contributed by atoms with E-state index < -0.39 is 0 Å². The zero-order valence-corrected chi connectivity index (χ0v) is 18.3. The van der Waals surface area contributed by atoms with Gasteiger partial charge in [-0.1, -0.05) is 54.1 Å². The zero-order chi connectivity index (χ0) is 22.8. The maximum absolute atomic E-state index is 13.4. The number of hydrogen-bond acceptors (Lipinski definition) is 3. The van der Waals surface area contributed by atoms with Gasteiger partial charge in [-0.2, -0.15) is 0 Å². The number of nitrogens with zero attached hydrogens (tertiary/aromatic N) is 2. The standard InChI is InChI=1S/C27H20ClFN2O2/c28-20-8-12-23(26(32)14-20)27-30-24-15-22(33-17-19-4-2-1-3-5-19)11-13-25(24)31(27)16-18-6-9-21(29)10-7-18/h1-15,32H,16-17H2. The highest BCUT2D eigenvalue weighted by Crippen LogP contribution is 2.34. The van der Waals surface area contributed by atoms with Crippen LogP contribution in [0.3, 0.4) is 0 Å². The minimum atomic E-state index is -0.287. The largest absolute Gasteiger partial charge is 0.507 e. The minimum absolute atomic E-state index is 0.0405. The molecule has 4 aromatic carbocycles. The predicted octanol–water partition coefficient (Wildman–Crippen LogP) is 6.83. The van der Waals surface area contributed by atoms with E-state index in [1.54, 1.807) is 24.3 Å². The molecule has 6 heteroatoms. The quantitative estimate of drug-likeness (QED) is 0.303. The van der Waals surface area contributed by atoms with Gasteiger partial charge in [0, 0.05) is 17.6 Å². The molecule has 0 unspecified atom stereocenters. The Morgan fingerprint density at radius 3 is 2.42 bits per heavy atom. The van der Waals surface area contributed by atoms with Gasteiger partial charge in [-0.15, -0.1) is 0 Å². The fourth-order valence-electron chi connectivity index (χ4n) is 3.77. The van der Waals surface area contributed by atoms with E-state index in [9.17, 15) is 9.50 Å². The SMILES string of the molecule is Oc1cc(Cl)ccc1-c1nc2cc(OCc3ccccc3)ccc2n1Cc1ccc(F)cc1. The molecule has 5 rings (SSSR count). The van der Waals surface area contributed by atoms with Crippen molar-refractivity contribution in [1.82, 2.24) is 9.55 Å². The van der Waals surface area contributed by atoms with Crippen molar-refractivity contribution >= 4 is 22.6 Å². The molecule has 0 aliphatic carbocycles. The molecule has 0 saturated carbocycles. The Balaban J connectivity index is 1.56. The van der Waals surface area contributed by atoms with E-state index in [0.29, 0.717) is 35.3 Å². The lowest BCUT2D eigenvalue weighted by Crippen LogP contribution is -2.02. The first-order valence-electron chi connectivity index (χ1n) is 10.5. The fourth-order valence-corrected chi connectivity index (χ4v) is 3.94. The zero-order valence-electron chi connectivity index (χ0n) is 17.6. The highest BCUT2D eigenvalue weighted by atomic mass is 35.5. The van der Waals surface area contributed by atoms with Gasteiger partial charge in [0.2, 0.25) is 0 Å². The van der Waals surface area contributed by atoms with Crippen LogP contribution in [0.2, 0.25) is 5.02 Å². The van der Waals surface area contributed by atoms with E-state index in [4.69, 9.17) is 21.3 Å². The van der Waals surface area contributed by atoms with Crippen molar-refractivity contribution in [1.29, 1.82) is 0 Å². The van der Waals surface area contributed by atoms with Crippen LogP contribution in [-0.4, -0.2) is 14.7 Å². The van der Waals surface area contributed by atoms with Crippen LogP contribution in [0.4, 0.5) is 4.39 Å². The van der Waals surface area contributed by atoms with Crippen molar-refractivity contribution in [3.63, 3.8) is 0 Å². The van der Waals surface area contributed by atoms with Crippen LogP contribution in [0, 0.1) is 5.82 Å². The first kappa shape index (κ1) is 21.0. The fraction of sp³-hybridized carbons (Fsp3) is 0.0741. The molecular formula is C27H20ClFN2O2. The number of imidazole rings is 1. The van der Waals surface area contributed by atoms with Crippen molar-refractivity contribution in [3.05, 3.63) is 113 Å². The first-order chi connectivity index (χ1) is 16.1. The lowest BCUT2D eigenvalue weighted by Gasteiger charge is -2.11. The van der Waals surface area contributed by atoms with Crippen molar-refractivity contribution in [2.24, 2.45) is 0 Å². The molecule has 0 radical (unpaired) electrons. The summed E-state index contributed by atoms with van der Waals surface area (Å²) in [6.45, 7) is 0.909. The van der Waals surface area contributed by atoms with E-state index >= 15 is 0 Å². The predicted molar refractivity (Wildman–Crippen MR) is 128 cm³/mol. The third-order valence-corrected chi connectivity index (χ3v) is 5.66. The Morgan fingerprint density at radius 1 is 0.879 bits per heavy atom. The van der Waals surface area contributed by atoms with Gasteiger partial charge >= 0.3 is 0 Å². The highest BCUT2D eigenvalue weighted by Gasteiger charge is 2.17. The number of benzene rings is 4. The summed E-state index contributed by atoms with van der Waals surface area (Å²) in [5.41, 5.74) is 4.15. The van der Waals surface area contributed by atoms with Crippen LogP contribution >= 0.6 is 11.6 Å². The summed E-state index contributed by atoms with van der Waals surface area (Å²) in [7, 11) is 0. The average molecular weight is 459 g/mol. The number of aromatic hydroxyl groups is 1. The maximum Gasteiger partial charge on any atom is 0.145 e. The van der Waals surface area contributed by atoms with E-state index in [-0.39, 0.29) is 11.6 Å². The van der Waals surface area contributed by atoms with E-state index in [1.165, 1.54) is 18.2 Å². The molecule has 1 aromatic heterocycles. The second-order valence-corrected chi connectivity index (χ2v) is 8.17. The lowest BCUT2D eigenvalue weighted by atomic mass is 10.1. The number of rotatable bonds is 6. The van der Waals surface area contributed by atoms with Gasteiger partial charge in [-0.05, 0) is 53.6 Å². The van der Waals surface area contributed by atoms with Crippen molar-refractivity contribution < 1.29 is 14.2 Å². The monoisotopic (exact) mass is 458 g/mol. The van der Waals surface area contributed by atoms with Gasteiger partial charge in [-0.25, -0.2) is 9.37 Å². The molecule has 4 nitrogen and oxygen atoms in total. The van der Waals surface area contributed by atoms with Crippen LogP contribution in [0.15, 0.2) is 91.0 Å². The van der Waals surface area contributed by atoms with Crippen LogP contribution < -0.4 is 4.74 Å². The van der Waals surface area contributed by atoms with Gasteiger partial charge in [0.05, 0.1) is 16.6 Å². The molecule has 0 aliphatic heterocycles. The highest BCUT2D eigenvalue weighted by molar-refractivity contribution is 6.30. The molecule has 164 valence electrons. The molecule has 1 heterocycles. The second-order valence-electron chi connectivity index (χ2n) is 7.73. The second kappa shape index (κ2) is 8.96. The molecule has 33 heavy (non-hydrogen) atoms. The number of phenolic OH excluding ortho intramolecular Hbond substituents is 1. The summed E-state index contributed by atoms with van der Waals surface area (Å²) in [6.07, 6.45) is 0. The van der Waals surface area contributed by atoms with Crippen LogP contribution in [0.25, 0.3) is 22.4 Å². The maximum atomic E-state index is 13.4. The van der Waals surface area contributed by atoms with Crippen molar-refractivity contribution in [3.8, 4) is 22.9 Å². The Bertz CT molecular complexity index is 1420. The third-order valence-electron chi connectivity index (χ3n) is 5.42. The van der Waals surface area contributed by atoms with Gasteiger partial charge in [0.25, 0.3) is 0 Å². The Morgan fingerprint density at radius 2 is 1.67 bits per heavy atom. The topological polar surface area (TPSA) is 47.3 Å². The number of ether oxygens (including phenoxy) is 1. The molecule has 1 N–H and O–H groups in total. The Hall–Kier alpha value is -3.83. The summed E-state index contributed by atoms with van der Waals surface area (Å²) < 4.78 is 21.4.